The summed E-state index contributed by atoms with van der Waals surface area (Å²) in [6.07, 6.45) is 0. The fraction of sp³-hybridized carbons (Fsp3) is 0.312. The maximum absolute atomic E-state index is 11.9. The summed E-state index contributed by atoms with van der Waals surface area (Å²) < 4.78 is 4.90. The van der Waals surface area contributed by atoms with E-state index in [-0.39, 0.29) is 11.9 Å². The van der Waals surface area contributed by atoms with E-state index in [9.17, 15) is 4.79 Å². The maximum Gasteiger partial charge on any atom is 0.314 e. The molecular formula is C16H19NO2S. The standard InChI is InChI=1S/C16H19NO2S/c1-12-10-20-11-14(12)8-17-9-15(16(18)19-2)13-6-4-3-5-7-13/h3-7,10-11,15,17H,8-9H2,1-2H3. The summed E-state index contributed by atoms with van der Waals surface area (Å²) in [4.78, 5) is 11.9. The van der Waals surface area contributed by atoms with Crippen molar-refractivity contribution in [1.29, 1.82) is 0 Å². The van der Waals surface area contributed by atoms with Gasteiger partial charge >= 0.3 is 5.97 Å². The first kappa shape index (κ1) is 14.8. The third-order valence-electron chi connectivity index (χ3n) is 3.31. The van der Waals surface area contributed by atoms with Crippen molar-refractivity contribution in [3.05, 3.63) is 57.8 Å². The SMILES string of the molecule is COC(=O)C(CNCc1cscc1C)c1ccccc1. The highest BCUT2D eigenvalue weighted by molar-refractivity contribution is 7.08. The molecule has 1 heterocycles. The second-order valence-electron chi connectivity index (χ2n) is 4.70. The highest BCUT2D eigenvalue weighted by atomic mass is 32.1. The lowest BCUT2D eigenvalue weighted by atomic mass is 9.99. The molecule has 20 heavy (non-hydrogen) atoms. The van der Waals surface area contributed by atoms with Gasteiger partial charge in [0.15, 0.2) is 0 Å². The number of nitrogens with one attached hydrogen (secondary N) is 1. The molecule has 106 valence electrons. The van der Waals surface area contributed by atoms with Crippen molar-refractivity contribution in [2.24, 2.45) is 0 Å². The Labute approximate surface area is 123 Å². The van der Waals surface area contributed by atoms with Gasteiger partial charge in [-0.25, -0.2) is 0 Å². The van der Waals surface area contributed by atoms with Crippen LogP contribution in [0.5, 0.6) is 0 Å². The summed E-state index contributed by atoms with van der Waals surface area (Å²) in [6, 6.07) is 9.74. The largest absolute Gasteiger partial charge is 0.469 e. The number of ether oxygens (including phenoxy) is 1. The summed E-state index contributed by atoms with van der Waals surface area (Å²) >= 11 is 1.70. The van der Waals surface area contributed by atoms with Gasteiger partial charge in [-0.05, 0) is 34.4 Å². The van der Waals surface area contributed by atoms with E-state index >= 15 is 0 Å². The first-order chi connectivity index (χ1) is 9.72. The van der Waals surface area contributed by atoms with E-state index < -0.39 is 0 Å². The number of esters is 1. The summed E-state index contributed by atoms with van der Waals surface area (Å²) in [6.45, 7) is 3.45. The van der Waals surface area contributed by atoms with Gasteiger partial charge in [-0.3, -0.25) is 4.79 Å². The number of methoxy groups -OCH3 is 1. The van der Waals surface area contributed by atoms with E-state index in [2.05, 4.69) is 23.0 Å². The number of carbonyl (C=O) groups excluding carboxylic acids is 1. The number of hydrogen-bond donors (Lipinski definition) is 1. The van der Waals surface area contributed by atoms with Crippen LogP contribution in [0.4, 0.5) is 0 Å². The summed E-state index contributed by atoms with van der Waals surface area (Å²) in [5.74, 6) is -0.467. The average Bonchev–Trinajstić information content (AvgIpc) is 2.89. The van der Waals surface area contributed by atoms with E-state index in [0.717, 1.165) is 12.1 Å². The Morgan fingerprint density at radius 2 is 2.05 bits per heavy atom. The fourth-order valence-corrected chi connectivity index (χ4v) is 2.94. The molecule has 0 aliphatic carbocycles. The quantitative estimate of drug-likeness (QED) is 0.830. The maximum atomic E-state index is 11.9. The van der Waals surface area contributed by atoms with Crippen LogP contribution in [0.25, 0.3) is 0 Å². The lowest BCUT2D eigenvalue weighted by molar-refractivity contribution is -0.142. The minimum absolute atomic E-state index is 0.203. The predicted molar refractivity (Wildman–Crippen MR) is 82.0 cm³/mol. The molecule has 1 aromatic heterocycles. The molecule has 3 nitrogen and oxygen atoms in total. The lowest BCUT2D eigenvalue weighted by Crippen LogP contribution is -2.27. The third-order valence-corrected chi connectivity index (χ3v) is 4.22. The van der Waals surface area contributed by atoms with Gasteiger partial charge in [0, 0.05) is 13.1 Å². The van der Waals surface area contributed by atoms with Gasteiger partial charge in [-0.1, -0.05) is 30.3 Å². The molecule has 1 N–H and O–H groups in total. The number of thiophene rings is 1. The fourth-order valence-electron chi connectivity index (χ4n) is 2.08. The van der Waals surface area contributed by atoms with Crippen LogP contribution in [0.1, 0.15) is 22.6 Å². The van der Waals surface area contributed by atoms with Crippen molar-refractivity contribution < 1.29 is 9.53 Å². The Bertz CT molecular complexity index is 551. The zero-order valence-electron chi connectivity index (χ0n) is 11.8. The lowest BCUT2D eigenvalue weighted by Gasteiger charge is -2.15. The minimum atomic E-state index is -0.264. The Morgan fingerprint density at radius 3 is 2.65 bits per heavy atom. The van der Waals surface area contributed by atoms with Gasteiger partial charge in [0.25, 0.3) is 0 Å². The van der Waals surface area contributed by atoms with E-state index in [1.165, 1.54) is 18.2 Å². The van der Waals surface area contributed by atoms with Crippen LogP contribution in [0, 0.1) is 6.92 Å². The van der Waals surface area contributed by atoms with Crippen molar-refractivity contribution in [3.8, 4) is 0 Å². The van der Waals surface area contributed by atoms with Gasteiger partial charge in [0.2, 0.25) is 0 Å². The first-order valence-corrected chi connectivity index (χ1v) is 7.52. The number of carbonyl (C=O) groups is 1. The first-order valence-electron chi connectivity index (χ1n) is 6.57. The van der Waals surface area contributed by atoms with Crippen LogP contribution >= 0.6 is 11.3 Å². The molecule has 0 bridgehead atoms. The number of aryl methyl sites for hydroxylation is 1. The third kappa shape index (κ3) is 3.68. The highest BCUT2D eigenvalue weighted by Gasteiger charge is 2.20. The summed E-state index contributed by atoms with van der Waals surface area (Å²) in [7, 11) is 1.43. The normalized spacial score (nSPS) is 12.1. The zero-order valence-corrected chi connectivity index (χ0v) is 12.6. The van der Waals surface area contributed by atoms with Gasteiger partial charge in [0.1, 0.15) is 0 Å². The number of rotatable bonds is 6. The van der Waals surface area contributed by atoms with E-state index in [4.69, 9.17) is 4.74 Å². The summed E-state index contributed by atoms with van der Waals surface area (Å²) in [5.41, 5.74) is 3.55. The van der Waals surface area contributed by atoms with Crippen molar-refractivity contribution in [2.75, 3.05) is 13.7 Å². The molecule has 2 aromatic rings. The Hall–Kier alpha value is -1.65. The van der Waals surface area contributed by atoms with Crippen LogP contribution in [-0.4, -0.2) is 19.6 Å². The van der Waals surface area contributed by atoms with Crippen molar-refractivity contribution in [3.63, 3.8) is 0 Å². The minimum Gasteiger partial charge on any atom is -0.469 e. The number of hydrogen-bond acceptors (Lipinski definition) is 4. The van der Waals surface area contributed by atoms with E-state index in [1.807, 2.05) is 30.3 Å². The molecule has 1 aromatic carbocycles. The Balaban J connectivity index is 1.99. The molecular weight excluding hydrogens is 270 g/mol. The van der Waals surface area contributed by atoms with E-state index in [1.54, 1.807) is 11.3 Å². The number of benzene rings is 1. The smallest absolute Gasteiger partial charge is 0.314 e. The Kier molecular flexibility index (Phi) is 5.32. The Morgan fingerprint density at radius 1 is 1.30 bits per heavy atom. The van der Waals surface area contributed by atoms with Gasteiger partial charge in [0.05, 0.1) is 13.0 Å². The van der Waals surface area contributed by atoms with Crippen molar-refractivity contribution >= 4 is 17.3 Å². The molecule has 0 saturated carbocycles. The van der Waals surface area contributed by atoms with Crippen LogP contribution in [0.15, 0.2) is 41.1 Å². The predicted octanol–water partition coefficient (Wildman–Crippen LogP) is 3.10. The molecule has 4 heteroatoms. The zero-order chi connectivity index (χ0) is 14.4. The van der Waals surface area contributed by atoms with Crippen molar-refractivity contribution in [1.82, 2.24) is 5.32 Å². The van der Waals surface area contributed by atoms with Crippen LogP contribution in [0.2, 0.25) is 0 Å². The summed E-state index contributed by atoms with van der Waals surface area (Å²) in [5, 5.41) is 7.62. The molecule has 1 atom stereocenters. The molecule has 0 fully saturated rings. The average molecular weight is 289 g/mol. The van der Waals surface area contributed by atoms with Crippen LogP contribution in [0.3, 0.4) is 0 Å². The molecule has 0 aliphatic heterocycles. The van der Waals surface area contributed by atoms with Gasteiger partial charge in [-0.2, -0.15) is 11.3 Å². The highest BCUT2D eigenvalue weighted by Crippen LogP contribution is 2.17. The molecule has 0 aliphatic rings. The molecule has 1 unspecified atom stereocenters. The van der Waals surface area contributed by atoms with Gasteiger partial charge in [-0.15, -0.1) is 0 Å². The van der Waals surface area contributed by atoms with Crippen LogP contribution < -0.4 is 5.32 Å². The molecule has 0 radical (unpaired) electrons. The van der Waals surface area contributed by atoms with Crippen LogP contribution in [-0.2, 0) is 16.1 Å². The topological polar surface area (TPSA) is 38.3 Å². The molecule has 0 amide bonds. The van der Waals surface area contributed by atoms with Gasteiger partial charge < -0.3 is 10.1 Å². The monoisotopic (exact) mass is 289 g/mol. The second-order valence-corrected chi connectivity index (χ2v) is 5.44. The molecule has 0 spiro atoms. The molecule has 2 rings (SSSR count). The molecule has 0 saturated heterocycles. The second kappa shape index (κ2) is 7.22. The van der Waals surface area contributed by atoms with E-state index in [0.29, 0.717) is 6.54 Å². The van der Waals surface area contributed by atoms with Crippen molar-refractivity contribution in [2.45, 2.75) is 19.4 Å².